The summed E-state index contributed by atoms with van der Waals surface area (Å²) in [6, 6.07) is 23.0. The number of amides is 2. The summed E-state index contributed by atoms with van der Waals surface area (Å²) in [5.74, 6) is -0.805. The van der Waals surface area contributed by atoms with Gasteiger partial charge in [0, 0.05) is 17.1 Å². The van der Waals surface area contributed by atoms with Crippen LogP contribution in [0.2, 0.25) is 0 Å². The van der Waals surface area contributed by atoms with E-state index in [2.05, 4.69) is 21.2 Å². The Balaban J connectivity index is 1.98. The molecule has 0 spiro atoms. The van der Waals surface area contributed by atoms with E-state index in [4.69, 9.17) is 0 Å². The van der Waals surface area contributed by atoms with Crippen molar-refractivity contribution >= 4 is 43.5 Å². The van der Waals surface area contributed by atoms with Gasteiger partial charge in [-0.05, 0) is 62.7 Å². The number of halogens is 1. The van der Waals surface area contributed by atoms with Gasteiger partial charge < -0.3 is 10.2 Å². The van der Waals surface area contributed by atoms with Gasteiger partial charge in [0.1, 0.15) is 12.6 Å². The Morgan fingerprint density at radius 2 is 1.42 bits per heavy atom. The lowest BCUT2D eigenvalue weighted by Crippen LogP contribution is -2.52. The van der Waals surface area contributed by atoms with E-state index in [-0.39, 0.29) is 23.4 Å². The quantitative estimate of drug-likeness (QED) is 0.385. The average Bonchev–Trinajstić information content (AvgIpc) is 2.87. The van der Waals surface area contributed by atoms with Crippen molar-refractivity contribution in [1.29, 1.82) is 0 Å². The maximum Gasteiger partial charge on any atom is 0.264 e. The van der Waals surface area contributed by atoms with Crippen LogP contribution >= 0.6 is 15.9 Å². The number of sulfonamides is 1. The SMILES string of the molecule is CC(C)NC(=O)[C@H](C)N(Cc1ccc(Br)cc1)C(=O)CN(c1ccccc1)S(=O)(=O)c1ccccc1. The van der Waals surface area contributed by atoms with E-state index >= 15 is 0 Å². The molecule has 0 aromatic heterocycles. The predicted molar refractivity (Wildman–Crippen MR) is 145 cm³/mol. The van der Waals surface area contributed by atoms with Crippen LogP contribution in [0.3, 0.4) is 0 Å². The zero-order chi connectivity index (χ0) is 26.3. The third-order valence-corrected chi connectivity index (χ3v) is 7.84. The summed E-state index contributed by atoms with van der Waals surface area (Å²) in [7, 11) is -4.05. The molecule has 0 saturated carbocycles. The zero-order valence-corrected chi connectivity index (χ0v) is 22.9. The van der Waals surface area contributed by atoms with Crippen LogP contribution in [0.15, 0.2) is 94.3 Å². The fourth-order valence-corrected chi connectivity index (χ4v) is 5.32. The minimum absolute atomic E-state index is 0.0757. The standard InChI is InChI=1S/C27H30BrN3O4S/c1-20(2)29-27(33)21(3)30(18-22-14-16-23(28)17-15-22)26(32)19-31(24-10-6-4-7-11-24)36(34,35)25-12-8-5-9-13-25/h4-17,20-21H,18-19H2,1-3H3,(H,29,33)/t21-/m0/s1. The van der Waals surface area contributed by atoms with Crippen LogP contribution < -0.4 is 9.62 Å². The Morgan fingerprint density at radius 1 is 0.861 bits per heavy atom. The molecule has 0 radical (unpaired) electrons. The van der Waals surface area contributed by atoms with Gasteiger partial charge in [-0.15, -0.1) is 0 Å². The van der Waals surface area contributed by atoms with Gasteiger partial charge in [0.25, 0.3) is 10.0 Å². The van der Waals surface area contributed by atoms with Crippen molar-refractivity contribution in [2.75, 3.05) is 10.8 Å². The van der Waals surface area contributed by atoms with E-state index in [1.807, 2.05) is 38.1 Å². The van der Waals surface area contributed by atoms with E-state index in [0.717, 1.165) is 14.3 Å². The maximum absolute atomic E-state index is 13.7. The first kappa shape index (κ1) is 27.4. The number of nitrogens with zero attached hydrogens (tertiary/aromatic N) is 2. The lowest BCUT2D eigenvalue weighted by Gasteiger charge is -2.32. The van der Waals surface area contributed by atoms with Crippen molar-refractivity contribution in [3.05, 3.63) is 95.0 Å². The second-order valence-electron chi connectivity index (χ2n) is 8.65. The van der Waals surface area contributed by atoms with Gasteiger partial charge in [-0.25, -0.2) is 8.42 Å². The minimum atomic E-state index is -4.05. The highest BCUT2D eigenvalue weighted by molar-refractivity contribution is 9.10. The number of benzene rings is 3. The van der Waals surface area contributed by atoms with Gasteiger partial charge >= 0.3 is 0 Å². The Morgan fingerprint density at radius 3 is 1.97 bits per heavy atom. The number of carbonyl (C=O) groups is 2. The van der Waals surface area contributed by atoms with Crippen LogP contribution in [0.1, 0.15) is 26.3 Å². The smallest absolute Gasteiger partial charge is 0.264 e. The molecular weight excluding hydrogens is 542 g/mol. The molecule has 0 heterocycles. The Hall–Kier alpha value is -3.17. The largest absolute Gasteiger partial charge is 0.352 e. The molecule has 190 valence electrons. The molecule has 0 unspecified atom stereocenters. The highest BCUT2D eigenvalue weighted by atomic mass is 79.9. The molecule has 0 bridgehead atoms. The highest BCUT2D eigenvalue weighted by Crippen LogP contribution is 2.24. The average molecular weight is 573 g/mol. The van der Waals surface area contributed by atoms with Crippen molar-refractivity contribution in [2.24, 2.45) is 0 Å². The molecule has 0 saturated heterocycles. The van der Waals surface area contributed by atoms with E-state index < -0.39 is 28.5 Å². The summed E-state index contributed by atoms with van der Waals surface area (Å²) in [5.41, 5.74) is 1.17. The number of nitrogens with one attached hydrogen (secondary N) is 1. The molecule has 2 amide bonds. The zero-order valence-electron chi connectivity index (χ0n) is 20.5. The van der Waals surface area contributed by atoms with Crippen LogP contribution in [-0.2, 0) is 26.2 Å². The van der Waals surface area contributed by atoms with E-state index in [1.54, 1.807) is 55.5 Å². The predicted octanol–water partition coefficient (Wildman–Crippen LogP) is 4.59. The van der Waals surface area contributed by atoms with Crippen LogP contribution in [0.25, 0.3) is 0 Å². The molecular formula is C27H30BrN3O4S. The number of carbonyl (C=O) groups excluding carboxylic acids is 2. The third-order valence-electron chi connectivity index (χ3n) is 5.52. The van der Waals surface area contributed by atoms with Crippen LogP contribution in [0.4, 0.5) is 5.69 Å². The maximum atomic E-state index is 13.7. The summed E-state index contributed by atoms with van der Waals surface area (Å²) in [4.78, 5) is 28.1. The van der Waals surface area contributed by atoms with E-state index in [9.17, 15) is 18.0 Å². The molecule has 0 aliphatic rings. The summed E-state index contributed by atoms with van der Waals surface area (Å²) in [5, 5.41) is 2.84. The minimum Gasteiger partial charge on any atom is -0.352 e. The summed E-state index contributed by atoms with van der Waals surface area (Å²) < 4.78 is 29.2. The van der Waals surface area contributed by atoms with Crippen molar-refractivity contribution in [1.82, 2.24) is 10.2 Å². The first-order valence-corrected chi connectivity index (χ1v) is 13.8. The van der Waals surface area contributed by atoms with Crippen LogP contribution in [0, 0.1) is 0 Å². The molecule has 36 heavy (non-hydrogen) atoms. The van der Waals surface area contributed by atoms with Crippen molar-refractivity contribution in [2.45, 2.75) is 44.3 Å². The molecule has 3 aromatic rings. The Kier molecular flexibility index (Phi) is 9.28. The van der Waals surface area contributed by atoms with Crippen molar-refractivity contribution < 1.29 is 18.0 Å². The molecule has 3 rings (SSSR count). The lowest BCUT2D eigenvalue weighted by atomic mass is 10.1. The van der Waals surface area contributed by atoms with Gasteiger partial charge in [-0.1, -0.05) is 64.5 Å². The van der Waals surface area contributed by atoms with Crippen molar-refractivity contribution in [3.8, 4) is 0 Å². The monoisotopic (exact) mass is 571 g/mol. The van der Waals surface area contributed by atoms with Gasteiger partial charge in [-0.3, -0.25) is 13.9 Å². The van der Waals surface area contributed by atoms with Crippen molar-refractivity contribution in [3.63, 3.8) is 0 Å². The van der Waals surface area contributed by atoms with Gasteiger partial charge in [0.2, 0.25) is 11.8 Å². The first-order chi connectivity index (χ1) is 17.1. The number of hydrogen-bond donors (Lipinski definition) is 1. The number of para-hydroxylation sites is 1. The molecule has 7 nitrogen and oxygen atoms in total. The molecule has 0 aliphatic heterocycles. The summed E-state index contributed by atoms with van der Waals surface area (Å²) in [6.07, 6.45) is 0. The Bertz CT molecular complexity index is 1270. The number of hydrogen-bond acceptors (Lipinski definition) is 4. The fraction of sp³-hybridized carbons (Fsp3) is 0.259. The number of anilines is 1. The summed E-state index contributed by atoms with van der Waals surface area (Å²) in [6.45, 7) is 5.01. The van der Waals surface area contributed by atoms with Gasteiger partial charge in [0.05, 0.1) is 10.6 Å². The molecule has 3 aromatic carbocycles. The van der Waals surface area contributed by atoms with E-state index in [1.165, 1.54) is 17.0 Å². The topological polar surface area (TPSA) is 86.8 Å². The summed E-state index contributed by atoms with van der Waals surface area (Å²) >= 11 is 3.40. The third kappa shape index (κ3) is 6.95. The molecule has 1 N–H and O–H groups in total. The second kappa shape index (κ2) is 12.2. The molecule has 1 atom stereocenters. The lowest BCUT2D eigenvalue weighted by molar-refractivity contribution is -0.139. The highest BCUT2D eigenvalue weighted by Gasteiger charge is 2.32. The van der Waals surface area contributed by atoms with Gasteiger partial charge in [0.15, 0.2) is 0 Å². The molecule has 0 fully saturated rings. The van der Waals surface area contributed by atoms with Crippen LogP contribution in [-0.4, -0.2) is 43.8 Å². The molecule has 0 aliphatic carbocycles. The Labute approximate surface area is 221 Å². The fourth-order valence-electron chi connectivity index (χ4n) is 3.62. The second-order valence-corrected chi connectivity index (χ2v) is 11.4. The van der Waals surface area contributed by atoms with E-state index in [0.29, 0.717) is 5.69 Å². The van der Waals surface area contributed by atoms with Crippen LogP contribution in [0.5, 0.6) is 0 Å². The van der Waals surface area contributed by atoms with Gasteiger partial charge in [-0.2, -0.15) is 0 Å². The normalized spacial score (nSPS) is 12.1. The first-order valence-electron chi connectivity index (χ1n) is 11.6. The number of rotatable bonds is 10. The molecule has 9 heteroatoms.